The first-order chi connectivity index (χ1) is 26.5. The number of piperazine rings is 2. The summed E-state index contributed by atoms with van der Waals surface area (Å²) in [5, 5.41) is -0.0514. The van der Waals surface area contributed by atoms with Gasteiger partial charge in [0.2, 0.25) is 20.0 Å². The fourth-order valence-electron chi connectivity index (χ4n) is 10.7. The number of aryl methyl sites for hydroxylation is 1. The number of nitrogens with one attached hydrogen (secondary N) is 1. The molecule has 56 heavy (non-hydrogen) atoms. The van der Waals surface area contributed by atoms with Crippen LogP contribution in [0.15, 0.2) is 48.6 Å². The summed E-state index contributed by atoms with van der Waals surface area (Å²) in [7, 11) is -7.23. The van der Waals surface area contributed by atoms with Gasteiger partial charge in [-0.2, -0.15) is 4.31 Å². The predicted molar refractivity (Wildman–Crippen MR) is 222 cm³/mol. The van der Waals surface area contributed by atoms with E-state index in [2.05, 4.69) is 50.6 Å². The van der Waals surface area contributed by atoms with Crippen LogP contribution in [0.2, 0.25) is 5.02 Å². The molecule has 1 saturated carbocycles. The van der Waals surface area contributed by atoms with Crippen LogP contribution in [0.5, 0.6) is 5.75 Å². The summed E-state index contributed by atoms with van der Waals surface area (Å²) in [5.41, 5.74) is 3.17. The van der Waals surface area contributed by atoms with Crippen molar-refractivity contribution in [2.45, 2.75) is 76.0 Å². The summed E-state index contributed by atoms with van der Waals surface area (Å²) in [5.74, 6) is 0.599. The number of sulfonamides is 2. The largest absolute Gasteiger partial charge is 0.490 e. The number of carbonyl (C=O) groups is 1. The van der Waals surface area contributed by atoms with Gasteiger partial charge in [0.15, 0.2) is 0 Å². The van der Waals surface area contributed by atoms with Crippen molar-refractivity contribution in [3.05, 3.63) is 70.3 Å². The number of rotatable bonds is 3. The molecule has 1 N–H and O–H groups in total. The number of allylic oxidation sites excluding steroid dienone is 1. The van der Waals surface area contributed by atoms with Crippen molar-refractivity contribution in [1.29, 1.82) is 0 Å². The second kappa shape index (κ2) is 15.2. The first kappa shape index (κ1) is 40.1. The molecule has 2 bridgehead atoms. The summed E-state index contributed by atoms with van der Waals surface area (Å²) in [6, 6.07) is 11.8. The van der Waals surface area contributed by atoms with Gasteiger partial charge in [0, 0.05) is 86.4 Å². The maximum Gasteiger partial charge on any atom is 0.264 e. The van der Waals surface area contributed by atoms with E-state index >= 15 is 0 Å². The molecule has 1 unspecified atom stereocenters. The van der Waals surface area contributed by atoms with Gasteiger partial charge >= 0.3 is 0 Å². The number of benzene rings is 2. The van der Waals surface area contributed by atoms with E-state index in [-0.39, 0.29) is 22.8 Å². The summed E-state index contributed by atoms with van der Waals surface area (Å²) in [6.45, 7) is 13.3. The fourth-order valence-corrected chi connectivity index (χ4v) is 13.1. The molecule has 2 aromatic rings. The number of halogens is 1. The molecule has 0 radical (unpaired) electrons. The zero-order valence-corrected chi connectivity index (χ0v) is 35.6. The molecule has 2 aliphatic carbocycles. The lowest BCUT2D eigenvalue weighted by Crippen LogP contribution is -2.63. The standard InChI is InChI=1S/C42H58ClN5O6S2/c1-29-7-5-15-41(3,26-45-17-18-46-19-20-48(55(4,50)51)25-35(46)24-45)36-12-9-33(36)23-47-27-42(16-6-8-31-21-34(43)11-13-37(31)42)28-54-39-14-10-32(22-38(39)47)40(49)44-56(52,53)30(29)2/h5,10-11,13-15,21-22,29-30,33,35-36H,6-9,12,16-20,23-28H2,1-4H3,(H,44,49)/b15-5+/t29-,30+,33-,35?,36+,41-,42-/m0/s1. The Kier molecular flexibility index (Phi) is 10.9. The Labute approximate surface area is 338 Å². The number of amides is 1. The van der Waals surface area contributed by atoms with E-state index in [0.717, 1.165) is 82.1 Å². The van der Waals surface area contributed by atoms with Crippen molar-refractivity contribution in [3.8, 4) is 5.75 Å². The molecule has 4 aliphatic heterocycles. The summed E-state index contributed by atoms with van der Waals surface area (Å²) >= 11 is 6.51. The molecule has 8 rings (SSSR count). The molecule has 1 spiro atoms. The predicted octanol–water partition coefficient (Wildman–Crippen LogP) is 5.15. The van der Waals surface area contributed by atoms with E-state index in [9.17, 15) is 21.6 Å². The molecular formula is C42H58ClN5O6S2. The van der Waals surface area contributed by atoms with Crippen LogP contribution >= 0.6 is 11.6 Å². The van der Waals surface area contributed by atoms with Crippen molar-refractivity contribution in [2.24, 2.45) is 23.2 Å². The molecular weight excluding hydrogens is 770 g/mol. The van der Waals surface area contributed by atoms with E-state index in [4.69, 9.17) is 16.3 Å². The van der Waals surface area contributed by atoms with Crippen LogP contribution in [0.4, 0.5) is 5.69 Å². The Bertz CT molecular complexity index is 2100. The van der Waals surface area contributed by atoms with Crippen LogP contribution in [0, 0.1) is 23.2 Å². The second-order valence-electron chi connectivity index (χ2n) is 18.1. The Balaban J connectivity index is 1.15. The minimum atomic E-state index is -3.97. The third-order valence-electron chi connectivity index (χ3n) is 14.3. The zero-order valence-electron chi connectivity index (χ0n) is 33.3. The van der Waals surface area contributed by atoms with Crippen LogP contribution in [0.25, 0.3) is 0 Å². The van der Waals surface area contributed by atoms with Gasteiger partial charge < -0.3 is 9.64 Å². The molecule has 14 heteroatoms. The average molecular weight is 829 g/mol. The fraction of sp³-hybridized carbons (Fsp3) is 0.643. The second-order valence-corrected chi connectivity index (χ2v) is 22.5. The minimum absolute atomic E-state index is 0.150. The van der Waals surface area contributed by atoms with Crippen LogP contribution in [0.3, 0.4) is 0 Å². The number of hydrogen-bond acceptors (Lipinski definition) is 9. The smallest absolute Gasteiger partial charge is 0.264 e. The molecule has 306 valence electrons. The van der Waals surface area contributed by atoms with Gasteiger partial charge in [0.05, 0.1) is 23.8 Å². The lowest BCUT2D eigenvalue weighted by atomic mass is 9.59. The van der Waals surface area contributed by atoms with Gasteiger partial charge in [-0.1, -0.05) is 43.7 Å². The Morgan fingerprint density at radius 3 is 2.59 bits per heavy atom. The lowest BCUT2D eigenvalue weighted by Gasteiger charge is -2.53. The van der Waals surface area contributed by atoms with Crippen molar-refractivity contribution < 1.29 is 26.4 Å². The maximum atomic E-state index is 13.7. The highest BCUT2D eigenvalue weighted by Crippen LogP contribution is 2.51. The quantitative estimate of drug-likeness (QED) is 0.420. The molecule has 1 amide bonds. The van der Waals surface area contributed by atoms with E-state index in [1.54, 1.807) is 17.3 Å². The molecule has 2 aromatic carbocycles. The SMILES string of the molecule is C[C@@H]1[C@@H](C)C/C=C/[C@@](C)(CN2CCN3CCN(S(C)(=O)=O)CC3C2)[C@@H]2CC[C@H]2CN2C[C@@]3(CCCc4cc(Cl)ccc43)COc3ccc(cc32)C(=O)NS1(=O)=O. The number of carbonyl (C=O) groups excluding carboxylic acids is 1. The molecule has 2 saturated heterocycles. The van der Waals surface area contributed by atoms with Crippen LogP contribution in [-0.4, -0.2) is 120 Å². The Hall–Kier alpha value is -2.68. The van der Waals surface area contributed by atoms with Crippen molar-refractivity contribution in [3.63, 3.8) is 0 Å². The minimum Gasteiger partial charge on any atom is -0.490 e. The zero-order chi connectivity index (χ0) is 39.6. The average Bonchev–Trinajstić information content (AvgIpc) is 3.28. The maximum absolute atomic E-state index is 13.7. The van der Waals surface area contributed by atoms with Crippen molar-refractivity contribution >= 4 is 43.2 Å². The van der Waals surface area contributed by atoms with E-state index in [0.29, 0.717) is 55.8 Å². The van der Waals surface area contributed by atoms with Gasteiger partial charge in [-0.05, 0) is 105 Å². The topological polar surface area (TPSA) is 120 Å². The Morgan fingerprint density at radius 1 is 1.02 bits per heavy atom. The number of anilines is 1. The summed E-state index contributed by atoms with van der Waals surface area (Å²) < 4.78 is 63.1. The number of ether oxygens (including phenoxy) is 1. The van der Waals surface area contributed by atoms with E-state index in [1.165, 1.54) is 17.4 Å². The highest BCUT2D eigenvalue weighted by atomic mass is 35.5. The van der Waals surface area contributed by atoms with E-state index < -0.39 is 31.2 Å². The van der Waals surface area contributed by atoms with E-state index in [1.807, 2.05) is 25.1 Å². The summed E-state index contributed by atoms with van der Waals surface area (Å²) in [4.78, 5) is 21.1. The van der Waals surface area contributed by atoms with Gasteiger partial charge in [-0.15, -0.1) is 0 Å². The highest BCUT2D eigenvalue weighted by molar-refractivity contribution is 7.90. The molecule has 6 aliphatic rings. The number of fused-ring (bicyclic) bond motifs is 5. The van der Waals surface area contributed by atoms with Gasteiger partial charge in [0.1, 0.15) is 5.75 Å². The monoisotopic (exact) mass is 827 g/mol. The lowest BCUT2D eigenvalue weighted by molar-refractivity contribution is -0.00725. The number of hydrogen-bond donors (Lipinski definition) is 1. The van der Waals surface area contributed by atoms with Crippen molar-refractivity contribution in [1.82, 2.24) is 18.8 Å². The molecule has 11 nitrogen and oxygen atoms in total. The molecule has 4 heterocycles. The van der Waals surface area contributed by atoms with Crippen LogP contribution < -0.4 is 14.4 Å². The third-order valence-corrected chi connectivity index (χ3v) is 17.7. The third kappa shape index (κ3) is 7.77. The van der Waals surface area contributed by atoms with Crippen LogP contribution in [-0.2, 0) is 31.9 Å². The molecule has 7 atom stereocenters. The normalized spacial score (nSPS) is 34.8. The van der Waals surface area contributed by atoms with Gasteiger partial charge in [0.25, 0.3) is 5.91 Å². The first-order valence-corrected chi connectivity index (χ1v) is 24.3. The Morgan fingerprint density at radius 2 is 1.82 bits per heavy atom. The summed E-state index contributed by atoms with van der Waals surface area (Å²) in [6.07, 6.45) is 11.6. The number of nitrogens with zero attached hydrogens (tertiary/aromatic N) is 4. The van der Waals surface area contributed by atoms with Gasteiger partial charge in [-0.3, -0.25) is 14.6 Å². The van der Waals surface area contributed by atoms with Gasteiger partial charge in [-0.25, -0.2) is 21.6 Å². The first-order valence-electron chi connectivity index (χ1n) is 20.5. The highest BCUT2D eigenvalue weighted by Gasteiger charge is 2.48. The molecule has 0 aromatic heterocycles. The van der Waals surface area contributed by atoms with Crippen molar-refractivity contribution in [2.75, 3.05) is 76.7 Å². The molecule has 3 fully saturated rings. The van der Waals surface area contributed by atoms with Crippen LogP contribution in [0.1, 0.15) is 74.4 Å².